The number of rotatable bonds is 3. The first-order chi connectivity index (χ1) is 7.66. The molecular formula is C11H12FN3O. The third-order valence-corrected chi connectivity index (χ3v) is 2.30. The Labute approximate surface area is 92.5 Å². The zero-order valence-corrected chi connectivity index (χ0v) is 8.85. The Morgan fingerprint density at radius 1 is 1.38 bits per heavy atom. The lowest BCUT2D eigenvalue weighted by Gasteiger charge is -2.06. The van der Waals surface area contributed by atoms with Gasteiger partial charge in [-0.05, 0) is 24.3 Å². The van der Waals surface area contributed by atoms with Gasteiger partial charge in [0.1, 0.15) is 29.8 Å². The van der Waals surface area contributed by atoms with Crippen molar-refractivity contribution in [3.63, 3.8) is 0 Å². The summed E-state index contributed by atoms with van der Waals surface area (Å²) in [4.78, 5) is 4.09. The van der Waals surface area contributed by atoms with Crippen LogP contribution < -0.4 is 10.5 Å². The van der Waals surface area contributed by atoms with E-state index in [-0.39, 0.29) is 5.82 Å². The molecular weight excluding hydrogens is 209 g/mol. The number of ether oxygens (including phenoxy) is 1. The first-order valence-electron chi connectivity index (χ1n) is 4.81. The van der Waals surface area contributed by atoms with Gasteiger partial charge in [-0.1, -0.05) is 0 Å². The summed E-state index contributed by atoms with van der Waals surface area (Å²) in [7, 11) is 1.81. The van der Waals surface area contributed by atoms with E-state index in [9.17, 15) is 4.39 Å². The minimum atomic E-state index is -0.284. The van der Waals surface area contributed by atoms with E-state index in [0.717, 1.165) is 5.82 Å². The number of nitrogen functional groups attached to an aromatic ring is 1. The lowest BCUT2D eigenvalue weighted by atomic mass is 10.3. The van der Waals surface area contributed by atoms with E-state index in [1.165, 1.54) is 12.1 Å². The van der Waals surface area contributed by atoms with Gasteiger partial charge in [-0.25, -0.2) is 9.37 Å². The summed E-state index contributed by atoms with van der Waals surface area (Å²) >= 11 is 0. The Morgan fingerprint density at radius 3 is 2.62 bits per heavy atom. The molecule has 5 heteroatoms. The molecule has 0 fully saturated rings. The number of halogens is 1. The van der Waals surface area contributed by atoms with Gasteiger partial charge in [0.05, 0.1) is 6.20 Å². The Kier molecular flexibility index (Phi) is 2.76. The van der Waals surface area contributed by atoms with E-state index in [2.05, 4.69) is 4.98 Å². The van der Waals surface area contributed by atoms with Crippen LogP contribution in [-0.2, 0) is 13.7 Å². The van der Waals surface area contributed by atoms with Gasteiger partial charge in [0, 0.05) is 7.05 Å². The van der Waals surface area contributed by atoms with Crippen LogP contribution in [0.15, 0.2) is 30.5 Å². The summed E-state index contributed by atoms with van der Waals surface area (Å²) in [5, 5.41) is 0. The van der Waals surface area contributed by atoms with Crippen molar-refractivity contribution in [2.75, 3.05) is 5.73 Å². The first kappa shape index (κ1) is 10.5. The van der Waals surface area contributed by atoms with Crippen LogP contribution in [0.4, 0.5) is 10.2 Å². The van der Waals surface area contributed by atoms with Gasteiger partial charge in [-0.3, -0.25) is 0 Å². The van der Waals surface area contributed by atoms with Crippen LogP contribution in [0.25, 0.3) is 0 Å². The average molecular weight is 221 g/mol. The number of nitrogens with zero attached hydrogens (tertiary/aromatic N) is 2. The maximum atomic E-state index is 12.6. The molecule has 0 aliphatic carbocycles. The topological polar surface area (TPSA) is 53.1 Å². The van der Waals surface area contributed by atoms with Crippen LogP contribution >= 0.6 is 0 Å². The molecule has 0 atom stereocenters. The number of anilines is 1. The minimum absolute atomic E-state index is 0.284. The quantitative estimate of drug-likeness (QED) is 0.858. The molecule has 0 bridgehead atoms. The lowest BCUT2D eigenvalue weighted by molar-refractivity contribution is 0.291. The van der Waals surface area contributed by atoms with E-state index >= 15 is 0 Å². The van der Waals surface area contributed by atoms with Crippen molar-refractivity contribution in [3.8, 4) is 5.75 Å². The second kappa shape index (κ2) is 4.22. The predicted molar refractivity (Wildman–Crippen MR) is 58.4 cm³/mol. The maximum Gasteiger partial charge on any atom is 0.148 e. The summed E-state index contributed by atoms with van der Waals surface area (Å²) < 4.78 is 19.8. The zero-order valence-electron chi connectivity index (χ0n) is 8.85. The molecule has 0 saturated carbocycles. The third kappa shape index (κ3) is 2.13. The molecule has 84 valence electrons. The second-order valence-corrected chi connectivity index (χ2v) is 3.40. The standard InChI is InChI=1S/C11H12FN3O/c1-15-10(13)6-14-11(15)7-16-9-4-2-8(12)3-5-9/h2-6H,7,13H2,1H3. The fourth-order valence-corrected chi connectivity index (χ4v) is 1.28. The van der Waals surface area contributed by atoms with E-state index in [0.29, 0.717) is 18.2 Å². The summed E-state index contributed by atoms with van der Waals surface area (Å²) in [5.74, 6) is 1.62. The van der Waals surface area contributed by atoms with Gasteiger partial charge in [0.2, 0.25) is 0 Å². The number of aromatic nitrogens is 2. The highest BCUT2D eigenvalue weighted by atomic mass is 19.1. The molecule has 1 heterocycles. The molecule has 2 rings (SSSR count). The van der Waals surface area contributed by atoms with Crippen molar-refractivity contribution in [2.24, 2.45) is 7.05 Å². The molecule has 2 N–H and O–H groups in total. The number of benzene rings is 1. The van der Waals surface area contributed by atoms with E-state index < -0.39 is 0 Å². The molecule has 0 aliphatic rings. The Hall–Kier alpha value is -2.04. The summed E-state index contributed by atoms with van der Waals surface area (Å²) in [5.41, 5.74) is 5.62. The second-order valence-electron chi connectivity index (χ2n) is 3.40. The number of hydrogen-bond acceptors (Lipinski definition) is 3. The number of imidazole rings is 1. The van der Waals surface area contributed by atoms with Crippen molar-refractivity contribution in [2.45, 2.75) is 6.61 Å². The van der Waals surface area contributed by atoms with Crippen LogP contribution in [0, 0.1) is 5.82 Å². The van der Waals surface area contributed by atoms with Crippen LogP contribution in [0.2, 0.25) is 0 Å². The van der Waals surface area contributed by atoms with Gasteiger partial charge in [0.15, 0.2) is 0 Å². The molecule has 0 spiro atoms. The molecule has 1 aromatic carbocycles. The Balaban J connectivity index is 2.02. The fourth-order valence-electron chi connectivity index (χ4n) is 1.28. The molecule has 16 heavy (non-hydrogen) atoms. The van der Waals surface area contributed by atoms with Crippen molar-refractivity contribution < 1.29 is 9.13 Å². The van der Waals surface area contributed by atoms with Crippen molar-refractivity contribution in [1.82, 2.24) is 9.55 Å². The molecule has 0 saturated heterocycles. The van der Waals surface area contributed by atoms with E-state index in [4.69, 9.17) is 10.5 Å². The molecule has 0 unspecified atom stereocenters. The molecule has 2 aromatic rings. The highest BCUT2D eigenvalue weighted by Gasteiger charge is 2.04. The summed E-state index contributed by atoms with van der Waals surface area (Å²) in [6.45, 7) is 0.305. The van der Waals surface area contributed by atoms with Gasteiger partial charge in [-0.15, -0.1) is 0 Å². The molecule has 4 nitrogen and oxygen atoms in total. The normalized spacial score (nSPS) is 10.4. The predicted octanol–water partition coefficient (Wildman–Crippen LogP) is 1.72. The van der Waals surface area contributed by atoms with Gasteiger partial charge in [0.25, 0.3) is 0 Å². The van der Waals surface area contributed by atoms with Crippen molar-refractivity contribution in [1.29, 1.82) is 0 Å². The SMILES string of the molecule is Cn1c(N)cnc1COc1ccc(F)cc1. The monoisotopic (exact) mass is 221 g/mol. The molecule has 1 aromatic heterocycles. The third-order valence-electron chi connectivity index (χ3n) is 2.30. The van der Waals surface area contributed by atoms with Crippen molar-refractivity contribution in [3.05, 3.63) is 42.1 Å². The number of nitrogens with two attached hydrogens (primary N) is 1. The van der Waals surface area contributed by atoms with Gasteiger partial charge in [-0.2, -0.15) is 0 Å². The largest absolute Gasteiger partial charge is 0.486 e. The first-order valence-corrected chi connectivity index (χ1v) is 4.81. The molecule has 0 radical (unpaired) electrons. The van der Waals surface area contributed by atoms with E-state index in [1.54, 1.807) is 22.9 Å². The maximum absolute atomic E-state index is 12.6. The smallest absolute Gasteiger partial charge is 0.148 e. The summed E-state index contributed by atoms with van der Waals surface area (Å²) in [6.07, 6.45) is 1.57. The van der Waals surface area contributed by atoms with Crippen LogP contribution in [0.3, 0.4) is 0 Å². The lowest BCUT2D eigenvalue weighted by Crippen LogP contribution is -2.05. The minimum Gasteiger partial charge on any atom is -0.486 e. The average Bonchev–Trinajstić information content (AvgIpc) is 2.60. The number of hydrogen-bond donors (Lipinski definition) is 1. The highest BCUT2D eigenvalue weighted by Crippen LogP contribution is 2.13. The van der Waals surface area contributed by atoms with E-state index in [1.807, 2.05) is 7.05 Å². The zero-order chi connectivity index (χ0) is 11.5. The fraction of sp³-hybridized carbons (Fsp3) is 0.182. The Bertz CT molecular complexity index is 478. The Morgan fingerprint density at radius 2 is 2.06 bits per heavy atom. The van der Waals surface area contributed by atoms with Gasteiger partial charge < -0.3 is 15.0 Å². The van der Waals surface area contributed by atoms with Crippen LogP contribution in [-0.4, -0.2) is 9.55 Å². The molecule has 0 amide bonds. The van der Waals surface area contributed by atoms with Crippen LogP contribution in [0.5, 0.6) is 5.75 Å². The highest BCUT2D eigenvalue weighted by molar-refractivity contribution is 5.27. The summed E-state index contributed by atoms with van der Waals surface area (Å²) in [6, 6.07) is 5.84. The van der Waals surface area contributed by atoms with Gasteiger partial charge >= 0.3 is 0 Å². The van der Waals surface area contributed by atoms with Crippen LogP contribution in [0.1, 0.15) is 5.82 Å². The van der Waals surface area contributed by atoms with Crippen molar-refractivity contribution >= 4 is 5.82 Å². The molecule has 0 aliphatic heterocycles.